The quantitative estimate of drug-likeness (QED) is 0.924. The molecule has 126 valence electrons. The Morgan fingerprint density at radius 1 is 1.29 bits per heavy atom. The van der Waals surface area contributed by atoms with E-state index in [0.29, 0.717) is 24.1 Å². The van der Waals surface area contributed by atoms with Crippen LogP contribution in [0.25, 0.3) is 0 Å². The van der Waals surface area contributed by atoms with Gasteiger partial charge in [0.25, 0.3) is 0 Å². The number of piperidine rings is 1. The lowest BCUT2D eigenvalue weighted by Crippen LogP contribution is -2.48. The highest BCUT2D eigenvalue weighted by molar-refractivity contribution is 6.30. The van der Waals surface area contributed by atoms with Gasteiger partial charge in [-0.05, 0) is 36.6 Å². The van der Waals surface area contributed by atoms with Crippen molar-refractivity contribution >= 4 is 17.6 Å². The van der Waals surface area contributed by atoms with E-state index in [9.17, 15) is 4.79 Å². The van der Waals surface area contributed by atoms with E-state index in [0.717, 1.165) is 24.9 Å². The van der Waals surface area contributed by atoms with E-state index < -0.39 is 0 Å². The van der Waals surface area contributed by atoms with E-state index in [2.05, 4.69) is 15.3 Å². The van der Waals surface area contributed by atoms with Crippen molar-refractivity contribution in [3.05, 3.63) is 53.3 Å². The topological polar surface area (TPSA) is 67.4 Å². The highest BCUT2D eigenvalue weighted by atomic mass is 35.5. The number of ether oxygens (including phenoxy) is 1. The van der Waals surface area contributed by atoms with Gasteiger partial charge in [-0.2, -0.15) is 0 Å². The Balaban J connectivity index is 1.50. The summed E-state index contributed by atoms with van der Waals surface area (Å²) in [5, 5.41) is 3.61. The standard InChI is InChI=1S/C17H19ClN4O2/c18-14-6-4-13(5-7-14)11-21-17(23)22-10-1-3-15(12-22)24-16-19-8-2-9-20-16/h2,4-9,15H,1,3,10-12H2,(H,21,23)/t15-/m0/s1. The number of likely N-dealkylation sites (tertiary alicyclic amines) is 1. The third kappa shape index (κ3) is 4.58. The van der Waals surface area contributed by atoms with E-state index in [1.807, 2.05) is 24.3 Å². The summed E-state index contributed by atoms with van der Waals surface area (Å²) in [4.78, 5) is 22.2. The molecule has 0 radical (unpaired) electrons. The SMILES string of the molecule is O=C(NCc1ccc(Cl)cc1)N1CCC[C@H](Oc2ncccn2)C1. The van der Waals surface area contributed by atoms with Crippen molar-refractivity contribution in [2.24, 2.45) is 0 Å². The van der Waals surface area contributed by atoms with Crippen molar-refractivity contribution < 1.29 is 9.53 Å². The number of amides is 2. The molecule has 0 unspecified atom stereocenters. The highest BCUT2D eigenvalue weighted by Crippen LogP contribution is 2.15. The van der Waals surface area contributed by atoms with Gasteiger partial charge in [-0.15, -0.1) is 0 Å². The molecule has 24 heavy (non-hydrogen) atoms. The molecule has 1 aliphatic heterocycles. The fourth-order valence-corrected chi connectivity index (χ4v) is 2.73. The van der Waals surface area contributed by atoms with Crippen molar-refractivity contribution in [2.45, 2.75) is 25.5 Å². The second kappa shape index (κ2) is 7.97. The number of urea groups is 1. The lowest BCUT2D eigenvalue weighted by Gasteiger charge is -2.32. The lowest BCUT2D eigenvalue weighted by atomic mass is 10.1. The van der Waals surface area contributed by atoms with Gasteiger partial charge in [0.1, 0.15) is 6.10 Å². The molecule has 0 aliphatic carbocycles. The van der Waals surface area contributed by atoms with Crippen LogP contribution in [0.2, 0.25) is 5.02 Å². The zero-order valence-corrected chi connectivity index (χ0v) is 13.9. The third-order valence-electron chi connectivity index (χ3n) is 3.84. The summed E-state index contributed by atoms with van der Waals surface area (Å²) in [7, 11) is 0. The second-order valence-corrected chi connectivity index (χ2v) is 6.08. The first-order chi connectivity index (χ1) is 11.7. The van der Waals surface area contributed by atoms with E-state index in [1.54, 1.807) is 23.4 Å². The van der Waals surface area contributed by atoms with Gasteiger partial charge < -0.3 is 15.0 Å². The molecule has 1 saturated heterocycles. The first kappa shape index (κ1) is 16.5. The first-order valence-corrected chi connectivity index (χ1v) is 8.29. The molecule has 0 bridgehead atoms. The number of carbonyl (C=O) groups is 1. The smallest absolute Gasteiger partial charge is 0.317 e. The van der Waals surface area contributed by atoms with Crippen molar-refractivity contribution in [3.8, 4) is 6.01 Å². The van der Waals surface area contributed by atoms with Gasteiger partial charge in [-0.25, -0.2) is 14.8 Å². The first-order valence-electron chi connectivity index (χ1n) is 7.91. The van der Waals surface area contributed by atoms with E-state index in [4.69, 9.17) is 16.3 Å². The van der Waals surface area contributed by atoms with E-state index in [-0.39, 0.29) is 12.1 Å². The van der Waals surface area contributed by atoms with Crippen LogP contribution in [-0.2, 0) is 6.54 Å². The Labute approximate surface area is 145 Å². The number of hydrogen-bond donors (Lipinski definition) is 1. The van der Waals surface area contributed by atoms with Gasteiger partial charge in [0.2, 0.25) is 0 Å². The highest BCUT2D eigenvalue weighted by Gasteiger charge is 2.25. The van der Waals surface area contributed by atoms with Gasteiger partial charge in [0, 0.05) is 30.5 Å². The molecular weight excluding hydrogens is 328 g/mol. The van der Waals surface area contributed by atoms with E-state index in [1.165, 1.54) is 0 Å². The molecule has 0 saturated carbocycles. The Bertz CT molecular complexity index is 666. The molecule has 2 amide bonds. The van der Waals surface area contributed by atoms with Crippen LogP contribution in [-0.4, -0.2) is 40.1 Å². The molecule has 1 fully saturated rings. The molecule has 1 aliphatic rings. The van der Waals surface area contributed by atoms with Gasteiger partial charge >= 0.3 is 12.0 Å². The number of aromatic nitrogens is 2. The summed E-state index contributed by atoms with van der Waals surface area (Å²) in [5.41, 5.74) is 1.01. The fourth-order valence-electron chi connectivity index (χ4n) is 2.61. The number of nitrogens with zero attached hydrogens (tertiary/aromatic N) is 3. The molecule has 6 nitrogen and oxygen atoms in total. The zero-order valence-electron chi connectivity index (χ0n) is 13.2. The van der Waals surface area contributed by atoms with Gasteiger partial charge in [-0.1, -0.05) is 23.7 Å². The number of benzene rings is 1. The summed E-state index contributed by atoms with van der Waals surface area (Å²) in [6, 6.07) is 9.43. The molecule has 1 aromatic carbocycles. The largest absolute Gasteiger partial charge is 0.458 e. The predicted octanol–water partition coefficient (Wildman–Crippen LogP) is 2.88. The summed E-state index contributed by atoms with van der Waals surface area (Å²) >= 11 is 5.86. The van der Waals surface area contributed by atoms with Crippen LogP contribution >= 0.6 is 11.6 Å². The van der Waals surface area contributed by atoms with Crippen LogP contribution in [0.4, 0.5) is 4.79 Å². The van der Waals surface area contributed by atoms with Gasteiger partial charge in [0.05, 0.1) is 6.54 Å². The van der Waals surface area contributed by atoms with Crippen LogP contribution in [0, 0.1) is 0 Å². The summed E-state index contributed by atoms with van der Waals surface area (Å²) < 4.78 is 5.75. The van der Waals surface area contributed by atoms with Gasteiger partial charge in [0.15, 0.2) is 0 Å². The second-order valence-electron chi connectivity index (χ2n) is 5.64. The minimum atomic E-state index is -0.0905. The average molecular weight is 347 g/mol. The van der Waals surface area contributed by atoms with Crippen LogP contribution in [0.15, 0.2) is 42.7 Å². The number of carbonyl (C=O) groups excluding carboxylic acids is 1. The maximum atomic E-state index is 12.3. The number of rotatable bonds is 4. The Morgan fingerprint density at radius 3 is 2.79 bits per heavy atom. The monoisotopic (exact) mass is 346 g/mol. The summed E-state index contributed by atoms with van der Waals surface area (Å²) in [5.74, 6) is 0. The fraction of sp³-hybridized carbons (Fsp3) is 0.353. The van der Waals surface area contributed by atoms with Crippen molar-refractivity contribution in [1.29, 1.82) is 0 Å². The molecule has 7 heteroatoms. The van der Waals surface area contributed by atoms with Crippen molar-refractivity contribution in [2.75, 3.05) is 13.1 Å². The van der Waals surface area contributed by atoms with Crippen LogP contribution in [0.1, 0.15) is 18.4 Å². The summed E-state index contributed by atoms with van der Waals surface area (Å²) in [6.07, 6.45) is 4.98. The molecule has 2 aromatic rings. The van der Waals surface area contributed by atoms with Crippen LogP contribution in [0.5, 0.6) is 6.01 Å². The zero-order chi connectivity index (χ0) is 16.8. The maximum Gasteiger partial charge on any atom is 0.317 e. The Hall–Kier alpha value is -2.34. The van der Waals surface area contributed by atoms with Gasteiger partial charge in [-0.3, -0.25) is 0 Å². The number of halogens is 1. The summed E-state index contributed by atoms with van der Waals surface area (Å²) in [6.45, 7) is 1.73. The number of nitrogens with one attached hydrogen (secondary N) is 1. The predicted molar refractivity (Wildman–Crippen MR) is 90.9 cm³/mol. The molecule has 1 atom stereocenters. The molecule has 1 N–H and O–H groups in total. The van der Waals surface area contributed by atoms with Crippen molar-refractivity contribution in [1.82, 2.24) is 20.2 Å². The normalized spacial score (nSPS) is 17.4. The minimum Gasteiger partial charge on any atom is -0.458 e. The molecule has 1 aromatic heterocycles. The Morgan fingerprint density at radius 2 is 2.04 bits per heavy atom. The molecule has 2 heterocycles. The number of hydrogen-bond acceptors (Lipinski definition) is 4. The van der Waals surface area contributed by atoms with E-state index >= 15 is 0 Å². The van der Waals surface area contributed by atoms with Crippen LogP contribution < -0.4 is 10.1 Å². The molecule has 0 spiro atoms. The third-order valence-corrected chi connectivity index (χ3v) is 4.09. The maximum absolute atomic E-state index is 12.3. The molecule has 3 rings (SSSR count). The average Bonchev–Trinajstić information content (AvgIpc) is 2.62. The van der Waals surface area contributed by atoms with Crippen LogP contribution in [0.3, 0.4) is 0 Å². The molecular formula is C17H19ClN4O2. The minimum absolute atomic E-state index is 0.0811. The lowest BCUT2D eigenvalue weighted by molar-refractivity contribution is 0.0938. The Kier molecular flexibility index (Phi) is 5.48. The van der Waals surface area contributed by atoms with Crippen molar-refractivity contribution in [3.63, 3.8) is 0 Å².